The van der Waals surface area contributed by atoms with E-state index >= 15 is 0 Å². The predicted molar refractivity (Wildman–Crippen MR) is 99.5 cm³/mol. The van der Waals surface area contributed by atoms with Gasteiger partial charge < -0.3 is 14.5 Å². The van der Waals surface area contributed by atoms with Crippen LogP contribution in [0.5, 0.6) is 5.75 Å². The maximum absolute atomic E-state index is 12.0. The molecule has 0 aliphatic heterocycles. The summed E-state index contributed by atoms with van der Waals surface area (Å²) in [5.41, 5.74) is 5.89. The van der Waals surface area contributed by atoms with Crippen LogP contribution in [0.2, 0.25) is 0 Å². The molecule has 0 aliphatic rings. The van der Waals surface area contributed by atoms with Crippen molar-refractivity contribution in [1.29, 1.82) is 0 Å². The van der Waals surface area contributed by atoms with Crippen molar-refractivity contribution in [3.63, 3.8) is 0 Å². The van der Waals surface area contributed by atoms with Gasteiger partial charge in [-0.2, -0.15) is 0 Å². The summed E-state index contributed by atoms with van der Waals surface area (Å²) in [4.78, 5) is 23.5. The molecule has 0 unspecified atom stereocenters. The lowest BCUT2D eigenvalue weighted by Crippen LogP contribution is -2.50. The van der Waals surface area contributed by atoms with Gasteiger partial charge in [-0.15, -0.1) is 0 Å². The number of carbonyl (C=O) groups excluding carboxylic acids is 1. The third-order valence-corrected chi connectivity index (χ3v) is 3.69. The van der Waals surface area contributed by atoms with Crippen molar-refractivity contribution >= 4 is 34.2 Å². The summed E-state index contributed by atoms with van der Waals surface area (Å²) in [5, 5.41) is 4.09. The number of thiocarbonyl (C=S) groups is 1. The fraction of sp³-hybridized carbons (Fsp3) is 0.353. The van der Waals surface area contributed by atoms with E-state index in [1.807, 2.05) is 13.8 Å². The van der Waals surface area contributed by atoms with E-state index < -0.39 is 11.7 Å². The zero-order chi connectivity index (χ0) is 18.4. The molecular formula is C17H21N3O4S. The van der Waals surface area contributed by atoms with Crippen LogP contribution in [0.4, 0.5) is 0 Å². The van der Waals surface area contributed by atoms with E-state index in [0.717, 1.165) is 23.9 Å². The number of carbonyl (C=O) groups is 1. The van der Waals surface area contributed by atoms with Gasteiger partial charge in [-0.1, -0.05) is 6.92 Å². The van der Waals surface area contributed by atoms with Crippen LogP contribution in [0.15, 0.2) is 33.5 Å². The zero-order valence-corrected chi connectivity index (χ0v) is 15.2. The van der Waals surface area contributed by atoms with Crippen LogP contribution in [-0.2, 0) is 4.79 Å². The maximum Gasteiger partial charge on any atom is 0.336 e. The third kappa shape index (κ3) is 5.18. The van der Waals surface area contributed by atoms with E-state index in [4.69, 9.17) is 21.4 Å². The minimum absolute atomic E-state index is 0.338. The van der Waals surface area contributed by atoms with E-state index in [9.17, 15) is 9.59 Å². The van der Waals surface area contributed by atoms with Crippen molar-refractivity contribution in [3.05, 3.63) is 40.2 Å². The first-order chi connectivity index (χ1) is 11.9. The molecule has 0 saturated carbocycles. The maximum atomic E-state index is 12.0. The lowest BCUT2D eigenvalue weighted by molar-refractivity contribution is -0.127. The van der Waals surface area contributed by atoms with Crippen LogP contribution in [0.3, 0.4) is 0 Å². The lowest BCUT2D eigenvalue weighted by Gasteiger charge is -2.16. The molecule has 134 valence electrons. The second-order valence-corrected chi connectivity index (χ2v) is 5.94. The highest BCUT2D eigenvalue weighted by Crippen LogP contribution is 2.22. The predicted octanol–water partition coefficient (Wildman–Crippen LogP) is 1.77. The Morgan fingerprint density at radius 2 is 2.08 bits per heavy atom. The molecule has 0 fully saturated rings. The molecule has 8 heteroatoms. The molecule has 3 N–H and O–H groups in total. The molecule has 1 amide bonds. The average Bonchev–Trinajstić information content (AvgIpc) is 2.57. The Hall–Kier alpha value is -2.61. The van der Waals surface area contributed by atoms with Crippen molar-refractivity contribution in [2.75, 3.05) is 6.54 Å². The van der Waals surface area contributed by atoms with Crippen LogP contribution in [0.1, 0.15) is 25.8 Å². The largest absolute Gasteiger partial charge is 0.481 e. The van der Waals surface area contributed by atoms with Crippen LogP contribution < -0.4 is 26.5 Å². The Labute approximate surface area is 150 Å². The number of hydrazine groups is 1. The summed E-state index contributed by atoms with van der Waals surface area (Å²) in [5.74, 6) is 0.0435. The molecular weight excluding hydrogens is 342 g/mol. The van der Waals surface area contributed by atoms with Gasteiger partial charge in [0.05, 0.1) is 0 Å². The van der Waals surface area contributed by atoms with Gasteiger partial charge in [-0.05, 0) is 50.2 Å². The fourth-order valence-electron chi connectivity index (χ4n) is 2.14. The van der Waals surface area contributed by atoms with Gasteiger partial charge >= 0.3 is 5.63 Å². The number of nitrogens with one attached hydrogen (secondary N) is 3. The highest BCUT2D eigenvalue weighted by molar-refractivity contribution is 7.80. The number of amides is 1. The Morgan fingerprint density at radius 1 is 1.32 bits per heavy atom. The Kier molecular flexibility index (Phi) is 6.35. The Balaban J connectivity index is 1.99. The van der Waals surface area contributed by atoms with Gasteiger partial charge in [0.1, 0.15) is 11.3 Å². The first-order valence-corrected chi connectivity index (χ1v) is 8.36. The smallest absolute Gasteiger partial charge is 0.336 e. The molecule has 1 aromatic heterocycles. The Morgan fingerprint density at radius 3 is 2.80 bits per heavy atom. The van der Waals surface area contributed by atoms with E-state index in [-0.39, 0.29) is 5.91 Å². The van der Waals surface area contributed by atoms with Crippen LogP contribution >= 0.6 is 12.2 Å². The van der Waals surface area contributed by atoms with Gasteiger partial charge in [-0.3, -0.25) is 15.6 Å². The van der Waals surface area contributed by atoms with Gasteiger partial charge in [0.2, 0.25) is 0 Å². The quantitative estimate of drug-likeness (QED) is 0.424. The zero-order valence-electron chi connectivity index (χ0n) is 14.3. The first-order valence-electron chi connectivity index (χ1n) is 7.95. The summed E-state index contributed by atoms with van der Waals surface area (Å²) in [6.45, 7) is 6.17. The van der Waals surface area contributed by atoms with E-state index in [1.165, 1.54) is 6.07 Å². The molecule has 1 atom stereocenters. The van der Waals surface area contributed by atoms with E-state index in [2.05, 4.69) is 16.2 Å². The second-order valence-electron chi connectivity index (χ2n) is 5.54. The standard InChI is InChI=1S/C17H21N3O4S/c1-4-7-18-17(25)20-19-16(22)11(3)23-12-5-6-13-10(2)8-15(21)24-14(13)9-12/h5-6,8-9,11H,4,7H2,1-3H3,(H,19,22)(H2,18,20,25)/t11-/m0/s1. The van der Waals surface area contributed by atoms with Crippen molar-refractivity contribution in [3.8, 4) is 5.75 Å². The number of rotatable bonds is 5. The van der Waals surface area contributed by atoms with Gasteiger partial charge in [0.25, 0.3) is 5.91 Å². The molecule has 25 heavy (non-hydrogen) atoms. The number of hydrogen-bond acceptors (Lipinski definition) is 5. The lowest BCUT2D eigenvalue weighted by atomic mass is 10.1. The molecule has 0 radical (unpaired) electrons. The molecule has 0 saturated heterocycles. The van der Waals surface area contributed by atoms with E-state index in [1.54, 1.807) is 25.1 Å². The van der Waals surface area contributed by atoms with Crippen molar-refractivity contribution in [2.45, 2.75) is 33.3 Å². The van der Waals surface area contributed by atoms with Gasteiger partial charge in [0, 0.05) is 24.1 Å². The molecule has 0 spiro atoms. The Bertz CT molecular complexity index is 834. The summed E-state index contributed by atoms with van der Waals surface area (Å²) >= 11 is 5.01. The third-order valence-electron chi connectivity index (χ3n) is 3.44. The number of fused-ring (bicyclic) bond motifs is 1. The number of benzene rings is 1. The van der Waals surface area contributed by atoms with Gasteiger partial charge in [-0.25, -0.2) is 4.79 Å². The van der Waals surface area contributed by atoms with Crippen LogP contribution in [0.25, 0.3) is 11.0 Å². The van der Waals surface area contributed by atoms with Gasteiger partial charge in [0.15, 0.2) is 11.2 Å². The molecule has 1 heterocycles. The molecule has 0 aliphatic carbocycles. The normalized spacial score (nSPS) is 11.6. The highest BCUT2D eigenvalue weighted by atomic mass is 32.1. The average molecular weight is 363 g/mol. The highest BCUT2D eigenvalue weighted by Gasteiger charge is 2.15. The van der Waals surface area contributed by atoms with Crippen molar-refractivity contribution in [1.82, 2.24) is 16.2 Å². The molecule has 7 nitrogen and oxygen atoms in total. The second kappa shape index (κ2) is 8.48. The minimum atomic E-state index is -0.768. The monoisotopic (exact) mass is 363 g/mol. The number of ether oxygens (including phenoxy) is 1. The summed E-state index contributed by atoms with van der Waals surface area (Å²) in [6.07, 6.45) is 0.155. The van der Waals surface area contributed by atoms with Crippen molar-refractivity contribution in [2.24, 2.45) is 0 Å². The summed E-state index contributed by atoms with van der Waals surface area (Å²) in [6, 6.07) is 6.53. The fourth-order valence-corrected chi connectivity index (χ4v) is 2.29. The molecule has 1 aromatic carbocycles. The minimum Gasteiger partial charge on any atom is -0.481 e. The van der Waals surface area contributed by atoms with Crippen LogP contribution in [0, 0.1) is 6.92 Å². The van der Waals surface area contributed by atoms with Crippen molar-refractivity contribution < 1.29 is 13.9 Å². The van der Waals surface area contributed by atoms with Crippen LogP contribution in [-0.4, -0.2) is 23.7 Å². The summed E-state index contributed by atoms with van der Waals surface area (Å²) < 4.78 is 10.8. The molecule has 2 aromatic rings. The van der Waals surface area contributed by atoms with E-state index in [0.29, 0.717) is 16.4 Å². The topological polar surface area (TPSA) is 92.6 Å². The SMILES string of the molecule is CCCNC(=S)NNC(=O)[C@H](C)Oc1ccc2c(C)cc(=O)oc2c1. The molecule has 0 bridgehead atoms. The first kappa shape index (κ1) is 18.7. The number of aryl methyl sites for hydroxylation is 1. The molecule has 2 rings (SSSR count). The summed E-state index contributed by atoms with van der Waals surface area (Å²) in [7, 11) is 0. The number of hydrogen-bond donors (Lipinski definition) is 3.